The number of carbonyl (C=O) groups is 1. The van der Waals surface area contributed by atoms with Crippen molar-refractivity contribution in [3.63, 3.8) is 0 Å². The highest BCUT2D eigenvalue weighted by molar-refractivity contribution is 8.00. The van der Waals surface area contributed by atoms with E-state index in [9.17, 15) is 15.0 Å². The Balaban J connectivity index is 2.05. The van der Waals surface area contributed by atoms with Crippen LogP contribution in [0.3, 0.4) is 0 Å². The number of ether oxygens (including phenoxy) is 1. The molecule has 4 nitrogen and oxygen atoms in total. The molecule has 1 fully saturated rings. The third kappa shape index (κ3) is 4.31. The van der Waals surface area contributed by atoms with Crippen LogP contribution in [0.15, 0.2) is 0 Å². The molecule has 0 aromatic rings. The van der Waals surface area contributed by atoms with Crippen LogP contribution in [0.5, 0.6) is 0 Å². The molecule has 0 amide bonds. The Morgan fingerprint density at radius 3 is 2.75 bits per heavy atom. The van der Waals surface area contributed by atoms with Crippen molar-refractivity contribution in [2.24, 2.45) is 0 Å². The summed E-state index contributed by atoms with van der Waals surface area (Å²) in [6.07, 6.45) is 1.79. The second-order valence-corrected chi connectivity index (χ2v) is 5.25. The van der Waals surface area contributed by atoms with E-state index in [1.54, 1.807) is 18.7 Å². The molecule has 0 aromatic heterocycles. The lowest BCUT2D eigenvalue weighted by Crippen LogP contribution is -2.28. The molecule has 0 radical (unpaired) electrons. The molecule has 0 bridgehead atoms. The molecule has 1 aliphatic heterocycles. The monoisotopic (exact) mass is 248 g/mol. The molecular formula is C11H20O4S. The van der Waals surface area contributed by atoms with Gasteiger partial charge >= 0.3 is 5.97 Å². The second-order valence-electron chi connectivity index (χ2n) is 3.98. The molecule has 1 rings (SSSR count). The summed E-state index contributed by atoms with van der Waals surface area (Å²) in [6, 6.07) is 0. The highest BCUT2D eigenvalue weighted by Crippen LogP contribution is 2.31. The van der Waals surface area contributed by atoms with Crippen molar-refractivity contribution in [2.45, 2.75) is 50.1 Å². The predicted molar refractivity (Wildman–Crippen MR) is 63.4 cm³/mol. The van der Waals surface area contributed by atoms with Gasteiger partial charge in [-0.3, -0.25) is 4.79 Å². The van der Waals surface area contributed by atoms with Gasteiger partial charge in [-0.1, -0.05) is 6.42 Å². The summed E-state index contributed by atoms with van der Waals surface area (Å²) >= 11 is 1.61. The first kappa shape index (κ1) is 13.8. The van der Waals surface area contributed by atoms with Gasteiger partial charge in [0.2, 0.25) is 0 Å². The number of hydrogen-bond acceptors (Lipinski definition) is 5. The molecule has 5 heteroatoms. The van der Waals surface area contributed by atoms with Crippen LogP contribution in [-0.2, 0) is 9.53 Å². The predicted octanol–water partition coefficient (Wildman–Crippen LogP) is 0.947. The SMILES string of the molecule is CCOC(=O)CCCC[C@@H]1SC[C@@H](O)[C@H]1O. The summed E-state index contributed by atoms with van der Waals surface area (Å²) in [5.41, 5.74) is 0. The summed E-state index contributed by atoms with van der Waals surface area (Å²) in [5, 5.41) is 19.0. The van der Waals surface area contributed by atoms with Crippen LogP contribution in [0, 0.1) is 0 Å². The van der Waals surface area contributed by atoms with E-state index in [0.717, 1.165) is 19.3 Å². The number of rotatable bonds is 6. The maximum atomic E-state index is 11.0. The van der Waals surface area contributed by atoms with Crippen LogP contribution in [0.25, 0.3) is 0 Å². The van der Waals surface area contributed by atoms with Crippen molar-refractivity contribution in [2.75, 3.05) is 12.4 Å². The van der Waals surface area contributed by atoms with Crippen LogP contribution in [-0.4, -0.2) is 46.0 Å². The van der Waals surface area contributed by atoms with Crippen molar-refractivity contribution in [1.29, 1.82) is 0 Å². The van der Waals surface area contributed by atoms with E-state index in [1.165, 1.54) is 0 Å². The molecular weight excluding hydrogens is 228 g/mol. The highest BCUT2D eigenvalue weighted by Gasteiger charge is 2.33. The number of esters is 1. The molecule has 0 saturated carbocycles. The minimum absolute atomic E-state index is 0.122. The van der Waals surface area contributed by atoms with Crippen LogP contribution in [0.2, 0.25) is 0 Å². The molecule has 0 aliphatic carbocycles. The van der Waals surface area contributed by atoms with Gasteiger partial charge in [-0.2, -0.15) is 11.8 Å². The van der Waals surface area contributed by atoms with Crippen molar-refractivity contribution < 1.29 is 19.7 Å². The van der Waals surface area contributed by atoms with Crippen LogP contribution >= 0.6 is 11.8 Å². The molecule has 0 spiro atoms. The highest BCUT2D eigenvalue weighted by atomic mass is 32.2. The zero-order chi connectivity index (χ0) is 12.0. The van der Waals surface area contributed by atoms with Gasteiger partial charge in [0.05, 0.1) is 18.8 Å². The number of aliphatic hydroxyl groups excluding tert-OH is 2. The first-order chi connectivity index (χ1) is 7.65. The standard InChI is InChI=1S/C11H20O4S/c1-2-15-10(13)6-4-3-5-9-11(14)8(12)7-16-9/h8-9,11-12,14H,2-7H2,1H3/t8-,9+,11-/m1/s1. The lowest BCUT2D eigenvalue weighted by Gasteiger charge is -2.14. The van der Waals surface area contributed by atoms with Crippen molar-refractivity contribution >= 4 is 17.7 Å². The molecule has 2 N–H and O–H groups in total. The average Bonchev–Trinajstić information content (AvgIpc) is 2.56. The lowest BCUT2D eigenvalue weighted by molar-refractivity contribution is -0.143. The van der Waals surface area contributed by atoms with Crippen molar-refractivity contribution in [1.82, 2.24) is 0 Å². The summed E-state index contributed by atoms with van der Waals surface area (Å²) in [5.74, 6) is 0.464. The van der Waals surface area contributed by atoms with Gasteiger partial charge in [-0.15, -0.1) is 0 Å². The number of aliphatic hydroxyl groups is 2. The summed E-state index contributed by atoms with van der Waals surface area (Å²) < 4.78 is 4.82. The normalized spacial score (nSPS) is 29.3. The van der Waals surface area contributed by atoms with Crippen LogP contribution in [0.4, 0.5) is 0 Å². The van der Waals surface area contributed by atoms with E-state index >= 15 is 0 Å². The zero-order valence-electron chi connectivity index (χ0n) is 9.59. The van der Waals surface area contributed by atoms with Crippen molar-refractivity contribution in [3.8, 4) is 0 Å². The Hall–Kier alpha value is -0.260. The van der Waals surface area contributed by atoms with Crippen molar-refractivity contribution in [3.05, 3.63) is 0 Å². The van der Waals surface area contributed by atoms with Crippen LogP contribution in [0.1, 0.15) is 32.6 Å². The molecule has 16 heavy (non-hydrogen) atoms. The van der Waals surface area contributed by atoms with Crippen LogP contribution < -0.4 is 0 Å². The summed E-state index contributed by atoms with van der Waals surface area (Å²) in [7, 11) is 0. The van der Waals surface area contributed by atoms with E-state index in [1.807, 2.05) is 0 Å². The fraction of sp³-hybridized carbons (Fsp3) is 0.909. The van der Waals surface area contributed by atoms with Gasteiger partial charge < -0.3 is 14.9 Å². The molecule has 1 aliphatic rings. The Kier molecular flexibility index (Phi) is 6.16. The van der Waals surface area contributed by atoms with Gasteiger partial charge in [-0.05, 0) is 19.8 Å². The van der Waals surface area contributed by atoms with E-state index < -0.39 is 12.2 Å². The number of unbranched alkanes of at least 4 members (excludes halogenated alkanes) is 1. The van der Waals surface area contributed by atoms with Gasteiger partial charge in [0.1, 0.15) is 0 Å². The largest absolute Gasteiger partial charge is 0.466 e. The van der Waals surface area contributed by atoms with Gasteiger partial charge in [0.15, 0.2) is 0 Å². The van der Waals surface area contributed by atoms with E-state index in [2.05, 4.69) is 0 Å². The average molecular weight is 248 g/mol. The van der Waals surface area contributed by atoms with Gasteiger partial charge in [0, 0.05) is 17.4 Å². The molecule has 1 heterocycles. The Bertz CT molecular complexity index is 222. The minimum atomic E-state index is -0.604. The Labute approximate surface area is 100 Å². The topological polar surface area (TPSA) is 66.8 Å². The Morgan fingerprint density at radius 1 is 1.44 bits per heavy atom. The van der Waals surface area contributed by atoms with Gasteiger partial charge in [0.25, 0.3) is 0 Å². The molecule has 0 unspecified atom stereocenters. The number of hydrogen-bond donors (Lipinski definition) is 2. The third-order valence-corrected chi connectivity index (χ3v) is 4.16. The molecule has 3 atom stereocenters. The smallest absolute Gasteiger partial charge is 0.305 e. The maximum Gasteiger partial charge on any atom is 0.305 e. The van der Waals surface area contributed by atoms with E-state index in [0.29, 0.717) is 18.8 Å². The Morgan fingerprint density at radius 2 is 2.19 bits per heavy atom. The first-order valence-corrected chi connectivity index (χ1v) is 6.83. The minimum Gasteiger partial charge on any atom is -0.466 e. The van der Waals surface area contributed by atoms with E-state index in [4.69, 9.17) is 4.74 Å². The number of thioether (sulfide) groups is 1. The zero-order valence-corrected chi connectivity index (χ0v) is 10.4. The fourth-order valence-corrected chi connectivity index (χ4v) is 3.12. The molecule has 94 valence electrons. The van der Waals surface area contributed by atoms with E-state index in [-0.39, 0.29) is 11.2 Å². The molecule has 0 aromatic carbocycles. The number of carbonyl (C=O) groups excluding carboxylic acids is 1. The maximum absolute atomic E-state index is 11.0. The third-order valence-electron chi connectivity index (χ3n) is 2.68. The first-order valence-electron chi connectivity index (χ1n) is 5.78. The quantitative estimate of drug-likeness (QED) is 0.541. The second kappa shape index (κ2) is 7.14. The van der Waals surface area contributed by atoms with Gasteiger partial charge in [-0.25, -0.2) is 0 Å². The molecule has 1 saturated heterocycles. The summed E-state index contributed by atoms with van der Waals surface area (Å²) in [6.45, 7) is 2.23. The fourth-order valence-electron chi connectivity index (χ4n) is 1.77. The summed E-state index contributed by atoms with van der Waals surface area (Å²) in [4.78, 5) is 11.0. The lowest BCUT2D eigenvalue weighted by atomic mass is 10.1.